The molecule has 0 aliphatic rings. The summed E-state index contributed by atoms with van der Waals surface area (Å²) in [6.07, 6.45) is 1.83. The Morgan fingerprint density at radius 1 is 1.38 bits per heavy atom. The fraction of sp³-hybridized carbons (Fsp3) is 0.786. The topological polar surface area (TPSA) is 80.0 Å². The number of aromatic nitrogens is 2. The maximum absolute atomic E-state index is 11.6. The van der Waals surface area contributed by atoms with Crippen molar-refractivity contribution >= 4 is 18.3 Å². The van der Waals surface area contributed by atoms with Crippen LogP contribution in [0.15, 0.2) is 4.52 Å². The maximum atomic E-state index is 11.6. The maximum Gasteiger partial charge on any atom is 0.226 e. The van der Waals surface area contributed by atoms with Crippen LogP contribution >= 0.6 is 12.4 Å². The normalized spacial score (nSPS) is 12.6. The average molecular weight is 319 g/mol. The largest absolute Gasteiger partial charge is 0.355 e. The van der Waals surface area contributed by atoms with Crippen LogP contribution in [0.2, 0.25) is 0 Å². The number of hydrogen-bond acceptors (Lipinski definition) is 5. The summed E-state index contributed by atoms with van der Waals surface area (Å²) >= 11 is 0. The van der Waals surface area contributed by atoms with Gasteiger partial charge in [-0.1, -0.05) is 25.9 Å². The number of rotatable bonds is 7. The van der Waals surface area contributed by atoms with Gasteiger partial charge < -0.3 is 15.2 Å². The van der Waals surface area contributed by atoms with E-state index in [0.29, 0.717) is 37.5 Å². The third-order valence-corrected chi connectivity index (χ3v) is 3.03. The van der Waals surface area contributed by atoms with Crippen molar-refractivity contribution in [2.24, 2.45) is 0 Å². The first-order chi connectivity index (χ1) is 9.32. The molecule has 1 amide bonds. The predicted molar refractivity (Wildman–Crippen MR) is 84.7 cm³/mol. The summed E-state index contributed by atoms with van der Waals surface area (Å²) in [5.41, 5.74) is -0.109. The van der Waals surface area contributed by atoms with Gasteiger partial charge in [-0.05, 0) is 20.4 Å². The lowest BCUT2D eigenvalue weighted by molar-refractivity contribution is -0.121. The Morgan fingerprint density at radius 3 is 2.57 bits per heavy atom. The van der Waals surface area contributed by atoms with Crippen LogP contribution in [0, 0.1) is 0 Å². The van der Waals surface area contributed by atoms with Crippen LogP contribution < -0.4 is 10.6 Å². The van der Waals surface area contributed by atoms with Crippen LogP contribution in [-0.4, -0.2) is 35.7 Å². The third-order valence-electron chi connectivity index (χ3n) is 3.03. The van der Waals surface area contributed by atoms with E-state index in [1.165, 1.54) is 0 Å². The van der Waals surface area contributed by atoms with Crippen LogP contribution in [0.25, 0.3) is 0 Å². The zero-order valence-electron chi connectivity index (χ0n) is 13.5. The Morgan fingerprint density at radius 2 is 2.05 bits per heavy atom. The molecule has 1 aromatic heterocycles. The van der Waals surface area contributed by atoms with Gasteiger partial charge in [0.05, 0.1) is 0 Å². The van der Waals surface area contributed by atoms with Crippen molar-refractivity contribution in [1.82, 2.24) is 20.8 Å². The van der Waals surface area contributed by atoms with Gasteiger partial charge in [0.15, 0.2) is 5.82 Å². The second kappa shape index (κ2) is 9.00. The quantitative estimate of drug-likeness (QED) is 0.802. The van der Waals surface area contributed by atoms with E-state index >= 15 is 0 Å². The van der Waals surface area contributed by atoms with Crippen LogP contribution in [0.5, 0.6) is 0 Å². The molecule has 7 heteroatoms. The number of halogens is 1. The average Bonchev–Trinajstić information content (AvgIpc) is 2.84. The number of carbonyl (C=O) groups is 1. The summed E-state index contributed by atoms with van der Waals surface area (Å²) in [5.74, 6) is 1.37. The van der Waals surface area contributed by atoms with Gasteiger partial charge in [-0.15, -0.1) is 12.4 Å². The second-order valence-electron chi connectivity index (χ2n) is 6.11. The first-order valence-electron chi connectivity index (χ1n) is 7.10. The molecule has 21 heavy (non-hydrogen) atoms. The number of hydrogen-bond donors (Lipinski definition) is 2. The molecule has 0 spiro atoms. The summed E-state index contributed by atoms with van der Waals surface area (Å²) in [4.78, 5) is 16.0. The SMILES string of the molecule is CNC(C)CNC(=O)CCCc1nc(C(C)(C)C)no1.Cl. The van der Waals surface area contributed by atoms with Gasteiger partial charge in [-0.25, -0.2) is 0 Å². The first kappa shape index (κ1) is 19.9. The van der Waals surface area contributed by atoms with Crippen LogP contribution in [0.1, 0.15) is 52.3 Å². The van der Waals surface area contributed by atoms with Crippen molar-refractivity contribution in [2.45, 2.75) is 58.4 Å². The van der Waals surface area contributed by atoms with Crippen molar-refractivity contribution in [3.63, 3.8) is 0 Å². The number of amides is 1. The Balaban J connectivity index is 0.00000400. The monoisotopic (exact) mass is 318 g/mol. The van der Waals surface area contributed by atoms with E-state index in [2.05, 4.69) is 20.8 Å². The molecule has 0 radical (unpaired) electrons. The summed E-state index contributed by atoms with van der Waals surface area (Å²) in [6, 6.07) is 0.282. The molecule has 6 nitrogen and oxygen atoms in total. The lowest BCUT2D eigenvalue weighted by Crippen LogP contribution is -2.37. The molecule has 122 valence electrons. The highest BCUT2D eigenvalue weighted by molar-refractivity contribution is 5.85. The molecule has 1 atom stereocenters. The van der Waals surface area contributed by atoms with E-state index in [-0.39, 0.29) is 29.8 Å². The van der Waals surface area contributed by atoms with E-state index in [9.17, 15) is 4.79 Å². The predicted octanol–water partition coefficient (Wildman–Crippen LogP) is 1.84. The number of carbonyl (C=O) groups excluding carboxylic acids is 1. The highest BCUT2D eigenvalue weighted by Gasteiger charge is 2.20. The molecule has 1 unspecified atom stereocenters. The van der Waals surface area contributed by atoms with Gasteiger partial charge in [0.25, 0.3) is 0 Å². The molecule has 0 aliphatic carbocycles. The number of nitrogens with zero attached hydrogens (tertiary/aromatic N) is 2. The highest BCUT2D eigenvalue weighted by atomic mass is 35.5. The Hall–Kier alpha value is -1.14. The molecular weight excluding hydrogens is 292 g/mol. The Kier molecular flexibility index (Phi) is 8.51. The molecule has 0 bridgehead atoms. The van der Waals surface area contributed by atoms with Crippen molar-refractivity contribution in [3.8, 4) is 0 Å². The zero-order chi connectivity index (χ0) is 15.2. The smallest absolute Gasteiger partial charge is 0.226 e. The van der Waals surface area contributed by atoms with E-state index in [1.807, 2.05) is 34.7 Å². The Bertz CT molecular complexity index is 429. The van der Waals surface area contributed by atoms with E-state index in [1.54, 1.807) is 0 Å². The van der Waals surface area contributed by atoms with Gasteiger partial charge >= 0.3 is 0 Å². The minimum absolute atomic E-state index is 0. The lowest BCUT2D eigenvalue weighted by atomic mass is 9.96. The molecule has 0 saturated carbocycles. The minimum atomic E-state index is -0.109. The van der Waals surface area contributed by atoms with Crippen LogP contribution in [0.4, 0.5) is 0 Å². The van der Waals surface area contributed by atoms with E-state index in [0.717, 1.165) is 0 Å². The van der Waals surface area contributed by atoms with E-state index in [4.69, 9.17) is 4.52 Å². The van der Waals surface area contributed by atoms with Crippen molar-refractivity contribution in [2.75, 3.05) is 13.6 Å². The van der Waals surface area contributed by atoms with Crippen molar-refractivity contribution in [3.05, 3.63) is 11.7 Å². The van der Waals surface area contributed by atoms with Gasteiger partial charge in [0.1, 0.15) is 0 Å². The van der Waals surface area contributed by atoms with Gasteiger partial charge in [0.2, 0.25) is 11.8 Å². The van der Waals surface area contributed by atoms with Gasteiger partial charge in [-0.2, -0.15) is 4.98 Å². The molecule has 0 aliphatic heterocycles. The summed E-state index contributed by atoms with van der Waals surface area (Å²) < 4.78 is 5.19. The van der Waals surface area contributed by atoms with Crippen molar-refractivity contribution in [1.29, 1.82) is 0 Å². The minimum Gasteiger partial charge on any atom is -0.355 e. The standard InChI is InChI=1S/C14H26N4O2.ClH/c1-10(15-5)9-16-11(19)7-6-8-12-17-13(18-20-12)14(2,3)4;/h10,15H,6-9H2,1-5H3,(H,16,19);1H. The first-order valence-corrected chi connectivity index (χ1v) is 7.10. The molecule has 2 N–H and O–H groups in total. The van der Waals surface area contributed by atoms with Gasteiger partial charge in [-0.3, -0.25) is 4.79 Å². The fourth-order valence-electron chi connectivity index (χ4n) is 1.52. The zero-order valence-corrected chi connectivity index (χ0v) is 14.3. The molecule has 1 heterocycles. The molecule has 0 fully saturated rings. The summed E-state index contributed by atoms with van der Waals surface area (Å²) in [7, 11) is 1.87. The lowest BCUT2D eigenvalue weighted by Gasteiger charge is -2.11. The second-order valence-corrected chi connectivity index (χ2v) is 6.11. The number of aryl methyl sites for hydroxylation is 1. The van der Waals surface area contributed by atoms with Crippen LogP contribution in [0.3, 0.4) is 0 Å². The van der Waals surface area contributed by atoms with Crippen LogP contribution in [-0.2, 0) is 16.6 Å². The molecule has 1 rings (SSSR count). The summed E-state index contributed by atoms with van der Waals surface area (Å²) in [6.45, 7) is 8.78. The number of likely N-dealkylation sites (N-methyl/N-ethyl adjacent to an activating group) is 1. The summed E-state index contributed by atoms with van der Waals surface area (Å²) in [5, 5.41) is 9.91. The highest BCUT2D eigenvalue weighted by Crippen LogP contribution is 2.18. The third kappa shape index (κ3) is 7.43. The Labute approximate surface area is 132 Å². The molecule has 1 aromatic rings. The molecular formula is C14H27ClN4O2. The fourth-order valence-corrected chi connectivity index (χ4v) is 1.52. The molecule has 0 saturated heterocycles. The molecule has 0 aromatic carbocycles. The van der Waals surface area contributed by atoms with Crippen molar-refractivity contribution < 1.29 is 9.32 Å². The number of nitrogens with one attached hydrogen (secondary N) is 2. The van der Waals surface area contributed by atoms with Gasteiger partial charge in [0, 0.05) is 30.8 Å². The van der Waals surface area contributed by atoms with E-state index < -0.39 is 0 Å².